The van der Waals surface area contributed by atoms with Gasteiger partial charge in [0.05, 0.1) is 30.7 Å². The Balaban J connectivity index is 1.19. The number of hydrogen-bond donors (Lipinski definition) is 0. The van der Waals surface area contributed by atoms with Gasteiger partial charge in [-0.1, -0.05) is 78.9 Å². The molecule has 1 aliphatic heterocycles. The molecule has 0 aliphatic carbocycles. The van der Waals surface area contributed by atoms with Gasteiger partial charge in [-0.2, -0.15) is 5.10 Å². The third-order valence-electron chi connectivity index (χ3n) is 6.64. The highest BCUT2D eigenvalue weighted by atomic mass is 16.5. The Bertz CT molecular complexity index is 1450. The molecule has 0 bridgehead atoms. The van der Waals surface area contributed by atoms with E-state index in [0.29, 0.717) is 13.2 Å². The summed E-state index contributed by atoms with van der Waals surface area (Å²) < 4.78 is 14.3. The molecule has 36 heavy (non-hydrogen) atoms. The molecule has 0 fully saturated rings. The zero-order valence-electron chi connectivity index (χ0n) is 20.2. The third-order valence-corrected chi connectivity index (χ3v) is 6.64. The van der Waals surface area contributed by atoms with Crippen LogP contribution in [0.2, 0.25) is 0 Å². The Morgan fingerprint density at radius 2 is 1.44 bits per heavy atom. The largest absolute Gasteiger partial charge is 0.456 e. The van der Waals surface area contributed by atoms with Crippen LogP contribution in [0.5, 0.6) is 11.5 Å². The van der Waals surface area contributed by atoms with Crippen molar-refractivity contribution in [2.75, 3.05) is 19.7 Å². The van der Waals surface area contributed by atoms with E-state index < -0.39 is 0 Å². The van der Waals surface area contributed by atoms with Crippen molar-refractivity contribution in [3.8, 4) is 22.8 Å². The Kier molecular flexibility index (Phi) is 6.48. The van der Waals surface area contributed by atoms with Crippen LogP contribution in [0.4, 0.5) is 0 Å². The summed E-state index contributed by atoms with van der Waals surface area (Å²) in [7, 11) is 0. The van der Waals surface area contributed by atoms with Gasteiger partial charge in [0, 0.05) is 25.2 Å². The van der Waals surface area contributed by atoms with Crippen LogP contribution >= 0.6 is 0 Å². The van der Waals surface area contributed by atoms with E-state index in [9.17, 15) is 0 Å². The minimum absolute atomic E-state index is 0.634. The molecule has 0 atom stereocenters. The van der Waals surface area contributed by atoms with Crippen LogP contribution in [0.15, 0.2) is 103 Å². The number of rotatable bonds is 10. The summed E-state index contributed by atoms with van der Waals surface area (Å²) in [6.45, 7) is 4.69. The first-order valence-electron chi connectivity index (χ1n) is 12.5. The zero-order valence-corrected chi connectivity index (χ0v) is 20.2. The van der Waals surface area contributed by atoms with Gasteiger partial charge >= 0.3 is 0 Å². The summed E-state index contributed by atoms with van der Waals surface area (Å²) in [4.78, 5) is 2.45. The summed E-state index contributed by atoms with van der Waals surface area (Å²) >= 11 is 0. The molecule has 0 saturated carbocycles. The molecule has 0 spiro atoms. The molecule has 0 amide bonds. The van der Waals surface area contributed by atoms with E-state index in [-0.39, 0.29) is 0 Å². The third kappa shape index (κ3) is 4.76. The second kappa shape index (κ2) is 10.4. The molecule has 6 rings (SSSR count). The van der Waals surface area contributed by atoms with Gasteiger partial charge in [0.15, 0.2) is 0 Å². The summed E-state index contributed by atoms with van der Waals surface area (Å²) in [5.74, 6) is 1.74. The van der Waals surface area contributed by atoms with Crippen molar-refractivity contribution in [3.05, 3.63) is 114 Å². The molecule has 1 aromatic heterocycles. The minimum Gasteiger partial charge on any atom is -0.456 e. The van der Waals surface area contributed by atoms with E-state index in [4.69, 9.17) is 14.6 Å². The van der Waals surface area contributed by atoms with Crippen molar-refractivity contribution in [2.45, 2.75) is 19.7 Å². The van der Waals surface area contributed by atoms with E-state index in [2.05, 4.69) is 76.3 Å². The van der Waals surface area contributed by atoms with Crippen LogP contribution in [-0.4, -0.2) is 34.4 Å². The van der Waals surface area contributed by atoms with Crippen molar-refractivity contribution in [1.29, 1.82) is 0 Å². The van der Waals surface area contributed by atoms with Crippen LogP contribution in [-0.2, 0) is 24.4 Å². The van der Waals surface area contributed by atoms with E-state index >= 15 is 0 Å². The molecule has 1 aliphatic rings. The van der Waals surface area contributed by atoms with Gasteiger partial charge < -0.3 is 9.47 Å². The quantitative estimate of drug-likeness (QED) is 0.211. The number of fused-ring (bicyclic) bond motifs is 2. The van der Waals surface area contributed by atoms with Crippen LogP contribution in [0.3, 0.4) is 0 Å². The fraction of sp³-hybridized carbons (Fsp3) is 0.194. The predicted octanol–water partition coefficient (Wildman–Crippen LogP) is 6.53. The van der Waals surface area contributed by atoms with Crippen LogP contribution in [0, 0.1) is 0 Å². The van der Waals surface area contributed by atoms with Crippen LogP contribution < -0.4 is 4.74 Å². The molecule has 0 radical (unpaired) electrons. The average Bonchev–Trinajstić information content (AvgIpc) is 3.31. The topological polar surface area (TPSA) is 39.5 Å². The van der Waals surface area contributed by atoms with Gasteiger partial charge in [0.25, 0.3) is 0 Å². The summed E-state index contributed by atoms with van der Waals surface area (Å²) in [5, 5.41) is 6.15. The molecule has 2 heterocycles. The highest BCUT2D eigenvalue weighted by Crippen LogP contribution is 2.45. The normalized spacial score (nSPS) is 12.0. The molecule has 5 aromatic rings. The lowest BCUT2D eigenvalue weighted by Gasteiger charge is -2.22. The lowest BCUT2D eigenvalue weighted by atomic mass is 10.0. The number of para-hydroxylation sites is 1. The van der Waals surface area contributed by atoms with E-state index in [0.717, 1.165) is 59.8 Å². The van der Waals surface area contributed by atoms with E-state index in [1.165, 1.54) is 11.1 Å². The zero-order chi connectivity index (χ0) is 24.2. The Labute approximate surface area is 211 Å². The Hall–Kier alpha value is -3.93. The number of ether oxygens (including phenoxy) is 2. The predicted molar refractivity (Wildman–Crippen MR) is 143 cm³/mol. The fourth-order valence-corrected chi connectivity index (χ4v) is 4.82. The maximum atomic E-state index is 6.19. The van der Waals surface area contributed by atoms with Crippen molar-refractivity contribution in [2.24, 2.45) is 0 Å². The van der Waals surface area contributed by atoms with Gasteiger partial charge in [0.2, 0.25) is 0 Å². The average molecular weight is 476 g/mol. The second-order valence-electron chi connectivity index (χ2n) is 9.12. The number of hydrogen-bond acceptors (Lipinski definition) is 4. The molecule has 4 aromatic carbocycles. The van der Waals surface area contributed by atoms with Gasteiger partial charge in [-0.15, -0.1) is 0 Å². The van der Waals surface area contributed by atoms with E-state index in [1.54, 1.807) is 0 Å². The first-order chi connectivity index (χ1) is 17.8. The Morgan fingerprint density at radius 3 is 2.28 bits per heavy atom. The van der Waals surface area contributed by atoms with E-state index in [1.807, 2.05) is 36.4 Å². The lowest BCUT2D eigenvalue weighted by Crippen LogP contribution is -2.30. The smallest absolute Gasteiger partial charge is 0.139 e. The first-order valence-corrected chi connectivity index (χ1v) is 12.5. The molecule has 5 heteroatoms. The standard InChI is InChI=1S/C31H29N3O2/c1-3-10-24(11-4-1)22-33(20-21-35-23-25-12-5-2-6-13-25)18-19-34-27-15-9-17-29-30(27)31(32-34)26-14-7-8-16-28(26)36-29/h1-17H,18-23H2. The first kappa shape index (κ1) is 22.5. The summed E-state index contributed by atoms with van der Waals surface area (Å²) in [6.07, 6.45) is 0. The highest BCUT2D eigenvalue weighted by Gasteiger charge is 2.24. The Morgan fingerprint density at radius 1 is 0.722 bits per heavy atom. The minimum atomic E-state index is 0.634. The van der Waals surface area contributed by atoms with Gasteiger partial charge in [0.1, 0.15) is 17.2 Å². The molecule has 5 nitrogen and oxygen atoms in total. The number of aromatic nitrogens is 2. The second-order valence-corrected chi connectivity index (χ2v) is 9.12. The maximum absolute atomic E-state index is 6.19. The molecule has 0 N–H and O–H groups in total. The van der Waals surface area contributed by atoms with Gasteiger partial charge in [-0.05, 0) is 35.4 Å². The SMILES string of the molecule is c1ccc(COCCN(CCn2nc3c4c(cccc42)Oc2ccccc2-3)Cc2ccccc2)cc1. The maximum Gasteiger partial charge on any atom is 0.139 e. The number of benzene rings is 4. The lowest BCUT2D eigenvalue weighted by molar-refractivity contribution is 0.0888. The molecule has 0 saturated heterocycles. The van der Waals surface area contributed by atoms with Crippen LogP contribution in [0.1, 0.15) is 11.1 Å². The molecular formula is C31H29N3O2. The molecule has 180 valence electrons. The van der Waals surface area contributed by atoms with Gasteiger partial charge in [-0.3, -0.25) is 9.58 Å². The van der Waals surface area contributed by atoms with Crippen molar-refractivity contribution < 1.29 is 9.47 Å². The van der Waals surface area contributed by atoms with Crippen LogP contribution in [0.25, 0.3) is 22.2 Å². The highest BCUT2D eigenvalue weighted by molar-refractivity contribution is 6.01. The van der Waals surface area contributed by atoms with Crippen molar-refractivity contribution in [3.63, 3.8) is 0 Å². The molecule has 0 unspecified atom stereocenters. The fourth-order valence-electron chi connectivity index (χ4n) is 4.82. The van der Waals surface area contributed by atoms with Crippen molar-refractivity contribution >= 4 is 10.9 Å². The summed E-state index contributed by atoms with van der Waals surface area (Å²) in [6, 6.07) is 35.3. The molecular weight excluding hydrogens is 446 g/mol. The van der Waals surface area contributed by atoms with Gasteiger partial charge in [-0.25, -0.2) is 0 Å². The van der Waals surface area contributed by atoms with Crippen molar-refractivity contribution in [1.82, 2.24) is 14.7 Å². The number of nitrogens with zero attached hydrogens (tertiary/aromatic N) is 3. The summed E-state index contributed by atoms with van der Waals surface area (Å²) in [5.41, 5.74) is 5.66. The monoisotopic (exact) mass is 475 g/mol.